The number of rotatable bonds is 2. The monoisotopic (exact) mass is 304 g/mol. The molecule has 0 aliphatic carbocycles. The number of nitrogens with zero attached hydrogens (tertiary/aromatic N) is 2. The standard InChI is InChI=1S/C20H20N2O/c1-15-13-20(22-9-11-23-12-10-22)18-8-7-17(14-19(18)21-15)16-5-3-2-4-6-16/h2-8,13-14H,9-12H2,1H3. The van der Waals surface area contributed by atoms with Gasteiger partial charge in [0, 0.05) is 29.9 Å². The summed E-state index contributed by atoms with van der Waals surface area (Å²) in [4.78, 5) is 7.16. The lowest BCUT2D eigenvalue weighted by molar-refractivity contribution is 0.123. The molecule has 2 aromatic carbocycles. The maximum absolute atomic E-state index is 5.48. The van der Waals surface area contributed by atoms with Crippen molar-refractivity contribution in [1.29, 1.82) is 0 Å². The molecule has 23 heavy (non-hydrogen) atoms. The van der Waals surface area contributed by atoms with E-state index in [9.17, 15) is 0 Å². The average Bonchev–Trinajstić information content (AvgIpc) is 2.62. The van der Waals surface area contributed by atoms with Gasteiger partial charge in [-0.1, -0.05) is 42.5 Å². The van der Waals surface area contributed by atoms with Crippen LogP contribution in [0.5, 0.6) is 0 Å². The first-order valence-corrected chi connectivity index (χ1v) is 8.11. The van der Waals surface area contributed by atoms with Crippen LogP contribution in [0.3, 0.4) is 0 Å². The number of aromatic nitrogens is 1. The van der Waals surface area contributed by atoms with Crippen LogP contribution < -0.4 is 4.90 Å². The van der Waals surface area contributed by atoms with Crippen molar-refractivity contribution in [3.05, 3.63) is 60.3 Å². The van der Waals surface area contributed by atoms with Crippen LogP contribution in [-0.4, -0.2) is 31.3 Å². The summed E-state index contributed by atoms with van der Waals surface area (Å²) in [7, 11) is 0. The third-order valence-electron chi connectivity index (χ3n) is 4.37. The highest BCUT2D eigenvalue weighted by atomic mass is 16.5. The van der Waals surface area contributed by atoms with Crippen LogP contribution in [-0.2, 0) is 4.74 Å². The zero-order valence-electron chi connectivity index (χ0n) is 13.3. The molecule has 0 radical (unpaired) electrons. The molecule has 1 aliphatic rings. The van der Waals surface area contributed by atoms with Gasteiger partial charge < -0.3 is 9.64 Å². The smallest absolute Gasteiger partial charge is 0.0732 e. The number of ether oxygens (including phenoxy) is 1. The predicted molar refractivity (Wildman–Crippen MR) is 94.9 cm³/mol. The van der Waals surface area contributed by atoms with Crippen molar-refractivity contribution >= 4 is 16.6 Å². The van der Waals surface area contributed by atoms with Crippen LogP contribution >= 0.6 is 0 Å². The van der Waals surface area contributed by atoms with E-state index in [0.717, 1.165) is 37.5 Å². The van der Waals surface area contributed by atoms with Gasteiger partial charge in [-0.2, -0.15) is 0 Å². The number of hydrogen-bond acceptors (Lipinski definition) is 3. The van der Waals surface area contributed by atoms with Gasteiger partial charge in [0.25, 0.3) is 0 Å². The van der Waals surface area contributed by atoms with Gasteiger partial charge in [0.05, 0.1) is 18.7 Å². The number of pyridine rings is 1. The molecule has 0 bridgehead atoms. The fourth-order valence-corrected chi connectivity index (χ4v) is 3.21. The van der Waals surface area contributed by atoms with E-state index < -0.39 is 0 Å². The second-order valence-electron chi connectivity index (χ2n) is 5.98. The lowest BCUT2D eigenvalue weighted by atomic mass is 10.0. The molecule has 1 fully saturated rings. The van der Waals surface area contributed by atoms with Crippen LogP contribution in [0.25, 0.3) is 22.0 Å². The van der Waals surface area contributed by atoms with Crippen molar-refractivity contribution in [3.8, 4) is 11.1 Å². The molecular weight excluding hydrogens is 284 g/mol. The van der Waals surface area contributed by atoms with E-state index in [-0.39, 0.29) is 0 Å². The maximum atomic E-state index is 5.48. The van der Waals surface area contributed by atoms with Crippen LogP contribution in [0.4, 0.5) is 5.69 Å². The largest absolute Gasteiger partial charge is 0.378 e. The van der Waals surface area contributed by atoms with E-state index >= 15 is 0 Å². The predicted octanol–water partition coefficient (Wildman–Crippen LogP) is 4.05. The van der Waals surface area contributed by atoms with Gasteiger partial charge >= 0.3 is 0 Å². The molecule has 0 unspecified atom stereocenters. The Morgan fingerprint density at radius 2 is 1.70 bits per heavy atom. The Bertz CT molecular complexity index is 824. The summed E-state index contributed by atoms with van der Waals surface area (Å²) >= 11 is 0. The minimum Gasteiger partial charge on any atom is -0.378 e. The number of fused-ring (bicyclic) bond motifs is 1. The number of benzene rings is 2. The van der Waals surface area contributed by atoms with Crippen molar-refractivity contribution in [3.63, 3.8) is 0 Å². The number of aryl methyl sites for hydroxylation is 1. The lowest BCUT2D eigenvalue weighted by Crippen LogP contribution is -2.36. The first-order valence-electron chi connectivity index (χ1n) is 8.11. The maximum Gasteiger partial charge on any atom is 0.0732 e. The molecule has 0 N–H and O–H groups in total. The second kappa shape index (κ2) is 6.01. The van der Waals surface area contributed by atoms with E-state index in [4.69, 9.17) is 9.72 Å². The molecule has 3 nitrogen and oxygen atoms in total. The van der Waals surface area contributed by atoms with Gasteiger partial charge in [-0.25, -0.2) is 0 Å². The summed E-state index contributed by atoms with van der Waals surface area (Å²) in [5, 5.41) is 1.22. The van der Waals surface area contributed by atoms with Crippen LogP contribution in [0, 0.1) is 6.92 Å². The third-order valence-corrected chi connectivity index (χ3v) is 4.37. The molecule has 116 valence electrons. The van der Waals surface area contributed by atoms with E-state index in [1.807, 2.05) is 6.07 Å². The zero-order valence-corrected chi connectivity index (χ0v) is 13.3. The molecular formula is C20H20N2O. The minimum absolute atomic E-state index is 0.797. The van der Waals surface area contributed by atoms with Crippen LogP contribution in [0.15, 0.2) is 54.6 Å². The molecule has 4 rings (SSSR count). The van der Waals surface area contributed by atoms with Gasteiger partial charge in [-0.05, 0) is 30.2 Å². The average molecular weight is 304 g/mol. The molecule has 3 heteroatoms. The third kappa shape index (κ3) is 2.80. The molecule has 0 amide bonds. The Morgan fingerprint density at radius 3 is 2.48 bits per heavy atom. The normalized spacial score (nSPS) is 15.1. The molecule has 1 saturated heterocycles. The molecule has 1 aromatic heterocycles. The molecule has 1 aliphatic heterocycles. The van der Waals surface area contributed by atoms with E-state index in [1.54, 1.807) is 0 Å². The molecule has 0 spiro atoms. The van der Waals surface area contributed by atoms with Gasteiger partial charge in [-0.15, -0.1) is 0 Å². The summed E-state index contributed by atoms with van der Waals surface area (Å²) in [6, 6.07) is 19.2. The quantitative estimate of drug-likeness (QED) is 0.714. The fourth-order valence-electron chi connectivity index (χ4n) is 3.21. The van der Waals surface area contributed by atoms with Gasteiger partial charge in [0.2, 0.25) is 0 Å². The zero-order chi connectivity index (χ0) is 15.6. The Kier molecular flexibility index (Phi) is 3.72. The first-order chi connectivity index (χ1) is 11.3. The van der Waals surface area contributed by atoms with E-state index in [1.165, 1.54) is 22.2 Å². The van der Waals surface area contributed by atoms with Crippen LogP contribution in [0.1, 0.15) is 5.69 Å². The molecule has 0 atom stereocenters. The Labute approximate surface area is 136 Å². The molecule has 2 heterocycles. The molecule has 3 aromatic rings. The Hall–Kier alpha value is -2.39. The summed E-state index contributed by atoms with van der Waals surface area (Å²) in [5.41, 5.74) is 5.84. The number of anilines is 1. The summed E-state index contributed by atoms with van der Waals surface area (Å²) in [6.45, 7) is 5.55. The van der Waals surface area contributed by atoms with Crippen molar-refractivity contribution in [2.45, 2.75) is 6.92 Å². The van der Waals surface area contributed by atoms with Crippen molar-refractivity contribution < 1.29 is 4.74 Å². The lowest BCUT2D eigenvalue weighted by Gasteiger charge is -2.30. The van der Waals surface area contributed by atoms with Gasteiger partial charge in [0.1, 0.15) is 0 Å². The SMILES string of the molecule is Cc1cc(N2CCOCC2)c2ccc(-c3ccccc3)cc2n1. The highest BCUT2D eigenvalue weighted by Gasteiger charge is 2.15. The van der Waals surface area contributed by atoms with Crippen molar-refractivity contribution in [2.75, 3.05) is 31.2 Å². The first kappa shape index (κ1) is 14.2. The van der Waals surface area contributed by atoms with Gasteiger partial charge in [-0.3, -0.25) is 4.98 Å². The Morgan fingerprint density at radius 1 is 0.913 bits per heavy atom. The van der Waals surface area contributed by atoms with Gasteiger partial charge in [0.15, 0.2) is 0 Å². The summed E-state index contributed by atoms with van der Waals surface area (Å²) in [5.74, 6) is 0. The molecule has 0 saturated carbocycles. The van der Waals surface area contributed by atoms with Crippen molar-refractivity contribution in [2.24, 2.45) is 0 Å². The number of morpholine rings is 1. The van der Waals surface area contributed by atoms with Crippen molar-refractivity contribution in [1.82, 2.24) is 4.98 Å². The van der Waals surface area contributed by atoms with Crippen LogP contribution in [0.2, 0.25) is 0 Å². The topological polar surface area (TPSA) is 25.4 Å². The summed E-state index contributed by atoms with van der Waals surface area (Å²) in [6.07, 6.45) is 0. The highest BCUT2D eigenvalue weighted by molar-refractivity contribution is 5.94. The number of hydrogen-bond donors (Lipinski definition) is 0. The Balaban J connectivity index is 1.83. The van der Waals surface area contributed by atoms with E-state index in [0.29, 0.717) is 0 Å². The minimum atomic E-state index is 0.797. The summed E-state index contributed by atoms with van der Waals surface area (Å²) < 4.78 is 5.48. The highest BCUT2D eigenvalue weighted by Crippen LogP contribution is 2.31. The van der Waals surface area contributed by atoms with E-state index in [2.05, 4.69) is 60.4 Å². The second-order valence-corrected chi connectivity index (χ2v) is 5.98. The fraction of sp³-hybridized carbons (Fsp3) is 0.250.